The Morgan fingerprint density at radius 1 is 1.40 bits per heavy atom. The number of nitrogens with one attached hydrogen (secondary N) is 1. The standard InChI is InChI=1S/C11H17NO3/c1-11(2)14-7-10(8-15-11)12-5-9-3-4-13-6-9/h3-4,6,10,12H,5,7-8H2,1-2H3. The highest BCUT2D eigenvalue weighted by molar-refractivity contribution is 5.04. The van der Waals surface area contributed by atoms with Crippen molar-refractivity contribution >= 4 is 0 Å². The van der Waals surface area contributed by atoms with Gasteiger partial charge in [-0.3, -0.25) is 0 Å². The summed E-state index contributed by atoms with van der Waals surface area (Å²) in [7, 11) is 0. The SMILES string of the molecule is CC1(C)OCC(NCc2ccoc2)CO1. The Morgan fingerprint density at radius 2 is 2.13 bits per heavy atom. The maximum absolute atomic E-state index is 5.54. The molecule has 1 aliphatic heterocycles. The molecule has 1 aromatic rings. The summed E-state index contributed by atoms with van der Waals surface area (Å²) in [5, 5.41) is 3.35. The molecule has 0 amide bonds. The summed E-state index contributed by atoms with van der Waals surface area (Å²) in [4.78, 5) is 0. The molecule has 1 N–H and O–H groups in total. The second-order valence-electron chi connectivity index (χ2n) is 4.23. The van der Waals surface area contributed by atoms with E-state index in [0.29, 0.717) is 13.2 Å². The van der Waals surface area contributed by atoms with E-state index in [1.54, 1.807) is 12.5 Å². The molecule has 0 spiro atoms. The lowest BCUT2D eigenvalue weighted by Crippen LogP contribution is -2.48. The maximum atomic E-state index is 5.54. The van der Waals surface area contributed by atoms with Gasteiger partial charge < -0.3 is 19.2 Å². The minimum Gasteiger partial charge on any atom is -0.472 e. The molecule has 0 aromatic carbocycles. The van der Waals surface area contributed by atoms with Gasteiger partial charge in [0.25, 0.3) is 0 Å². The van der Waals surface area contributed by atoms with Gasteiger partial charge in [-0.05, 0) is 19.9 Å². The van der Waals surface area contributed by atoms with Gasteiger partial charge in [0.15, 0.2) is 5.79 Å². The monoisotopic (exact) mass is 211 g/mol. The summed E-state index contributed by atoms with van der Waals surface area (Å²) >= 11 is 0. The molecule has 4 nitrogen and oxygen atoms in total. The predicted molar refractivity (Wildman–Crippen MR) is 55.3 cm³/mol. The van der Waals surface area contributed by atoms with E-state index in [4.69, 9.17) is 13.9 Å². The van der Waals surface area contributed by atoms with Crippen molar-refractivity contribution in [2.75, 3.05) is 13.2 Å². The van der Waals surface area contributed by atoms with E-state index >= 15 is 0 Å². The van der Waals surface area contributed by atoms with Gasteiger partial charge in [0, 0.05) is 12.1 Å². The third-order valence-corrected chi connectivity index (χ3v) is 2.44. The van der Waals surface area contributed by atoms with Gasteiger partial charge in [-0.15, -0.1) is 0 Å². The van der Waals surface area contributed by atoms with Gasteiger partial charge >= 0.3 is 0 Å². The highest BCUT2D eigenvalue weighted by atomic mass is 16.7. The molecule has 0 saturated carbocycles. The van der Waals surface area contributed by atoms with Crippen LogP contribution in [0.2, 0.25) is 0 Å². The van der Waals surface area contributed by atoms with Crippen LogP contribution >= 0.6 is 0 Å². The molecule has 1 fully saturated rings. The number of furan rings is 1. The Hall–Kier alpha value is -0.840. The molecule has 1 aromatic heterocycles. The minimum atomic E-state index is -0.437. The van der Waals surface area contributed by atoms with Crippen LogP contribution in [-0.2, 0) is 16.0 Å². The molecule has 2 heterocycles. The van der Waals surface area contributed by atoms with E-state index in [-0.39, 0.29) is 6.04 Å². The van der Waals surface area contributed by atoms with Crippen LogP contribution in [0, 0.1) is 0 Å². The van der Waals surface area contributed by atoms with E-state index in [0.717, 1.165) is 12.1 Å². The Morgan fingerprint density at radius 3 is 2.73 bits per heavy atom. The minimum absolute atomic E-state index is 0.257. The molecule has 1 aliphatic rings. The van der Waals surface area contributed by atoms with E-state index in [1.165, 1.54) is 0 Å². The fourth-order valence-corrected chi connectivity index (χ4v) is 1.47. The van der Waals surface area contributed by atoms with Crippen LogP contribution in [-0.4, -0.2) is 25.0 Å². The van der Waals surface area contributed by atoms with Crippen LogP contribution in [0.3, 0.4) is 0 Å². The molecular formula is C11H17NO3. The second kappa shape index (κ2) is 4.35. The highest BCUT2D eigenvalue weighted by Gasteiger charge is 2.27. The molecule has 0 bridgehead atoms. The van der Waals surface area contributed by atoms with Crippen molar-refractivity contribution in [1.82, 2.24) is 5.32 Å². The van der Waals surface area contributed by atoms with E-state index in [9.17, 15) is 0 Å². The average Bonchev–Trinajstić information content (AvgIpc) is 2.69. The summed E-state index contributed by atoms with van der Waals surface area (Å²) in [5.41, 5.74) is 1.14. The number of ether oxygens (including phenoxy) is 2. The van der Waals surface area contributed by atoms with Crippen LogP contribution in [0.25, 0.3) is 0 Å². The third kappa shape index (κ3) is 3.06. The van der Waals surface area contributed by atoms with Crippen LogP contribution < -0.4 is 5.32 Å². The number of hydrogen-bond donors (Lipinski definition) is 1. The summed E-state index contributed by atoms with van der Waals surface area (Å²) in [6, 6.07) is 2.20. The second-order valence-corrected chi connectivity index (χ2v) is 4.23. The van der Waals surface area contributed by atoms with Crippen molar-refractivity contribution in [3.05, 3.63) is 24.2 Å². The van der Waals surface area contributed by atoms with Crippen LogP contribution in [0.4, 0.5) is 0 Å². The average molecular weight is 211 g/mol. The maximum Gasteiger partial charge on any atom is 0.162 e. The predicted octanol–water partition coefficient (Wildman–Crippen LogP) is 1.52. The van der Waals surface area contributed by atoms with E-state index in [2.05, 4.69) is 5.32 Å². The lowest BCUT2D eigenvalue weighted by molar-refractivity contribution is -0.253. The first-order chi connectivity index (χ1) is 7.16. The van der Waals surface area contributed by atoms with Crippen molar-refractivity contribution in [2.45, 2.75) is 32.2 Å². The largest absolute Gasteiger partial charge is 0.472 e. The first-order valence-corrected chi connectivity index (χ1v) is 5.18. The van der Waals surface area contributed by atoms with Crippen LogP contribution in [0.5, 0.6) is 0 Å². The lowest BCUT2D eigenvalue weighted by atomic mass is 10.2. The van der Waals surface area contributed by atoms with Crippen molar-refractivity contribution in [3.63, 3.8) is 0 Å². The Kier molecular flexibility index (Phi) is 3.09. The quantitative estimate of drug-likeness (QED) is 0.823. The van der Waals surface area contributed by atoms with Gasteiger partial charge in [-0.2, -0.15) is 0 Å². The molecule has 0 atom stereocenters. The molecule has 2 rings (SSSR count). The summed E-state index contributed by atoms with van der Waals surface area (Å²) < 4.78 is 16.1. The first kappa shape index (κ1) is 10.7. The molecule has 0 unspecified atom stereocenters. The van der Waals surface area contributed by atoms with Gasteiger partial charge in [-0.25, -0.2) is 0 Å². The molecule has 0 aliphatic carbocycles. The molecule has 15 heavy (non-hydrogen) atoms. The first-order valence-electron chi connectivity index (χ1n) is 5.18. The molecular weight excluding hydrogens is 194 g/mol. The van der Waals surface area contributed by atoms with Gasteiger partial charge in [0.1, 0.15) is 0 Å². The summed E-state index contributed by atoms with van der Waals surface area (Å²) in [5.74, 6) is -0.437. The van der Waals surface area contributed by atoms with E-state index in [1.807, 2.05) is 19.9 Å². The van der Waals surface area contributed by atoms with Crippen LogP contribution in [0.15, 0.2) is 23.0 Å². The zero-order chi connectivity index (χ0) is 10.7. The molecule has 0 radical (unpaired) electrons. The summed E-state index contributed by atoms with van der Waals surface area (Å²) in [6.07, 6.45) is 3.41. The smallest absolute Gasteiger partial charge is 0.162 e. The molecule has 4 heteroatoms. The topological polar surface area (TPSA) is 43.6 Å². The molecule has 84 valence electrons. The number of rotatable bonds is 3. The van der Waals surface area contributed by atoms with Gasteiger partial charge in [-0.1, -0.05) is 0 Å². The van der Waals surface area contributed by atoms with Crippen LogP contribution in [0.1, 0.15) is 19.4 Å². The van der Waals surface area contributed by atoms with Crippen molar-refractivity contribution < 1.29 is 13.9 Å². The van der Waals surface area contributed by atoms with Gasteiger partial charge in [0.05, 0.1) is 31.8 Å². The van der Waals surface area contributed by atoms with Gasteiger partial charge in [0.2, 0.25) is 0 Å². The highest BCUT2D eigenvalue weighted by Crippen LogP contribution is 2.17. The van der Waals surface area contributed by atoms with E-state index < -0.39 is 5.79 Å². The normalized spacial score (nSPS) is 21.7. The zero-order valence-electron chi connectivity index (χ0n) is 9.16. The number of hydrogen-bond acceptors (Lipinski definition) is 4. The van der Waals surface area contributed by atoms with Crippen molar-refractivity contribution in [2.24, 2.45) is 0 Å². The Labute approximate surface area is 89.6 Å². The Balaban J connectivity index is 1.73. The van der Waals surface area contributed by atoms with Crippen molar-refractivity contribution in [3.8, 4) is 0 Å². The summed E-state index contributed by atoms with van der Waals surface area (Å²) in [6.45, 7) is 6.02. The third-order valence-electron chi connectivity index (χ3n) is 2.44. The Bertz CT molecular complexity index is 285. The fourth-order valence-electron chi connectivity index (χ4n) is 1.47. The lowest BCUT2D eigenvalue weighted by Gasteiger charge is -2.35. The molecule has 1 saturated heterocycles. The fraction of sp³-hybridized carbons (Fsp3) is 0.636. The van der Waals surface area contributed by atoms with Crippen molar-refractivity contribution in [1.29, 1.82) is 0 Å². The zero-order valence-corrected chi connectivity index (χ0v) is 9.16.